The zero-order chi connectivity index (χ0) is 27.5. The van der Waals surface area contributed by atoms with E-state index in [2.05, 4.69) is 16.0 Å². The molecule has 3 N–H and O–H groups in total. The molecule has 2 amide bonds. The van der Waals surface area contributed by atoms with Crippen LogP contribution in [0.1, 0.15) is 58.3 Å². The Labute approximate surface area is 227 Å². The van der Waals surface area contributed by atoms with Crippen molar-refractivity contribution in [3.63, 3.8) is 0 Å². The van der Waals surface area contributed by atoms with Crippen LogP contribution < -0.4 is 16.0 Å². The summed E-state index contributed by atoms with van der Waals surface area (Å²) in [6.07, 6.45) is 0.0778. The Hall–Kier alpha value is -2.50. The number of hydrogen-bond donors (Lipinski definition) is 3. The molecule has 1 saturated carbocycles. The first-order valence-electron chi connectivity index (χ1n) is 12.4. The van der Waals surface area contributed by atoms with E-state index in [0.29, 0.717) is 30.6 Å². The van der Waals surface area contributed by atoms with Gasteiger partial charge in [0, 0.05) is 54.4 Å². The molecule has 12 heteroatoms. The van der Waals surface area contributed by atoms with E-state index < -0.39 is 47.7 Å². The molecule has 7 nitrogen and oxygen atoms in total. The molecule has 0 unspecified atom stereocenters. The number of rotatable bonds is 8. The quantitative estimate of drug-likeness (QED) is 0.325. The Kier molecular flexibility index (Phi) is 6.84. The van der Waals surface area contributed by atoms with Gasteiger partial charge in [0.1, 0.15) is 11.5 Å². The summed E-state index contributed by atoms with van der Waals surface area (Å²) < 4.78 is 43.1. The zero-order valence-corrected chi connectivity index (χ0v) is 22.6. The van der Waals surface area contributed by atoms with Gasteiger partial charge in [-0.25, -0.2) is 13.2 Å². The topological polar surface area (TPSA) is 92.2 Å². The molecule has 2 fully saturated rings. The monoisotopic (exact) mass is 568 g/mol. The molecule has 5 rings (SSSR count). The number of alkyl halides is 2. The van der Waals surface area contributed by atoms with Gasteiger partial charge in [0.15, 0.2) is 0 Å². The molecule has 0 bridgehead atoms. The van der Waals surface area contributed by atoms with Gasteiger partial charge in [-0.2, -0.15) is 11.8 Å². The second kappa shape index (κ2) is 9.60. The number of benzene rings is 1. The second-order valence-electron chi connectivity index (χ2n) is 10.8. The van der Waals surface area contributed by atoms with Crippen LogP contribution in [-0.2, 0) is 17.8 Å². The summed E-state index contributed by atoms with van der Waals surface area (Å²) >= 11 is 7.57. The molecule has 204 valence electrons. The maximum absolute atomic E-state index is 13.9. The van der Waals surface area contributed by atoms with Gasteiger partial charge in [0.05, 0.1) is 16.1 Å². The summed E-state index contributed by atoms with van der Waals surface area (Å²) in [4.78, 5) is 39.8. The normalized spacial score (nSPS) is 20.2. The lowest BCUT2D eigenvalue weighted by Crippen LogP contribution is -2.70. The number of nitrogens with zero attached hydrogens (tertiary/aromatic N) is 1. The highest BCUT2D eigenvalue weighted by Crippen LogP contribution is 2.46. The third-order valence-corrected chi connectivity index (χ3v) is 9.48. The van der Waals surface area contributed by atoms with E-state index in [-0.39, 0.29) is 34.1 Å². The molecular formula is C26H28ClF3N4O3S. The molecule has 2 aromatic rings. The van der Waals surface area contributed by atoms with Crippen LogP contribution in [0.4, 0.5) is 18.9 Å². The van der Waals surface area contributed by atoms with E-state index in [9.17, 15) is 27.6 Å². The van der Waals surface area contributed by atoms with Crippen LogP contribution in [0.25, 0.3) is 0 Å². The van der Waals surface area contributed by atoms with E-state index in [4.69, 9.17) is 11.6 Å². The number of fused-ring (bicyclic) bond motifs is 1. The number of carbonyl (C=O) groups excluding carboxylic acids is 3. The van der Waals surface area contributed by atoms with Crippen molar-refractivity contribution in [2.75, 3.05) is 23.4 Å². The largest absolute Gasteiger partial charge is 0.342 e. The number of halogens is 4. The minimum Gasteiger partial charge on any atom is -0.342 e. The average molecular weight is 569 g/mol. The van der Waals surface area contributed by atoms with Crippen LogP contribution in [0.5, 0.6) is 0 Å². The maximum atomic E-state index is 13.9. The fourth-order valence-electron chi connectivity index (χ4n) is 5.58. The molecule has 0 spiro atoms. The van der Waals surface area contributed by atoms with Gasteiger partial charge in [-0.1, -0.05) is 11.6 Å². The SMILES string of the molecule is Cc1c(C(=O)C(=O)NC2(CNC3(C)CSC3)CC(F)(F)C2)c2n(c1C(=O)Nc1ccc(F)c(Cl)c1)CCC2. The van der Waals surface area contributed by atoms with E-state index in [1.165, 1.54) is 12.1 Å². The average Bonchev–Trinajstić information content (AvgIpc) is 3.36. The number of carbonyl (C=O) groups is 3. The van der Waals surface area contributed by atoms with Crippen molar-refractivity contribution in [3.8, 4) is 0 Å². The summed E-state index contributed by atoms with van der Waals surface area (Å²) in [7, 11) is 0. The number of Topliss-reactive ketones (excluding diaryl/α,β-unsaturated/α-hetero) is 1. The first-order chi connectivity index (χ1) is 17.8. The van der Waals surface area contributed by atoms with Crippen LogP contribution >= 0.6 is 23.4 Å². The van der Waals surface area contributed by atoms with Crippen molar-refractivity contribution in [1.82, 2.24) is 15.2 Å². The summed E-state index contributed by atoms with van der Waals surface area (Å²) in [5.74, 6) is -4.18. The fourth-order valence-corrected chi connectivity index (χ4v) is 6.78. The van der Waals surface area contributed by atoms with Crippen molar-refractivity contribution in [2.45, 2.75) is 63.1 Å². The Morgan fingerprint density at radius 2 is 1.89 bits per heavy atom. The Morgan fingerprint density at radius 1 is 1.18 bits per heavy atom. The molecule has 3 heterocycles. The lowest BCUT2D eigenvalue weighted by molar-refractivity contribution is -0.145. The van der Waals surface area contributed by atoms with Crippen LogP contribution in [-0.4, -0.2) is 57.2 Å². The Bertz CT molecular complexity index is 1330. The van der Waals surface area contributed by atoms with Gasteiger partial charge < -0.3 is 20.5 Å². The van der Waals surface area contributed by atoms with Crippen LogP contribution in [0.2, 0.25) is 5.02 Å². The van der Waals surface area contributed by atoms with Crippen molar-refractivity contribution >= 4 is 46.6 Å². The highest BCUT2D eigenvalue weighted by molar-refractivity contribution is 8.00. The van der Waals surface area contributed by atoms with E-state index >= 15 is 0 Å². The van der Waals surface area contributed by atoms with Crippen molar-refractivity contribution in [2.24, 2.45) is 0 Å². The first kappa shape index (κ1) is 27.1. The summed E-state index contributed by atoms with van der Waals surface area (Å²) in [5, 5.41) is 8.43. The molecule has 0 atom stereocenters. The van der Waals surface area contributed by atoms with Crippen LogP contribution in [0, 0.1) is 12.7 Å². The lowest BCUT2D eigenvalue weighted by atomic mass is 9.72. The molecule has 1 aromatic heterocycles. The molecular weight excluding hydrogens is 541 g/mol. The van der Waals surface area contributed by atoms with Crippen molar-refractivity contribution in [1.29, 1.82) is 0 Å². The highest BCUT2D eigenvalue weighted by atomic mass is 35.5. The number of thioether (sulfide) groups is 1. The number of aromatic nitrogens is 1. The minimum atomic E-state index is -2.91. The summed E-state index contributed by atoms with van der Waals surface area (Å²) in [6, 6.07) is 3.78. The van der Waals surface area contributed by atoms with E-state index in [0.717, 1.165) is 17.6 Å². The standard InChI is InChI=1S/C26H28ClF3N4O3S/c1-14-19(18-4-3-7-34(18)20(14)22(36)32-15-5-6-17(28)16(27)8-15)21(35)23(37)33-25(9-26(29,30)10-25)11-31-24(2)12-38-13-24/h5-6,8,31H,3-4,7,9-13H2,1-2H3,(H,32,36)(H,33,37). The van der Waals surface area contributed by atoms with Gasteiger partial charge in [0.2, 0.25) is 0 Å². The lowest BCUT2D eigenvalue weighted by Gasteiger charge is -2.50. The number of nitrogens with one attached hydrogen (secondary N) is 3. The first-order valence-corrected chi connectivity index (χ1v) is 13.9. The Balaban J connectivity index is 1.37. The van der Waals surface area contributed by atoms with Crippen LogP contribution in [0.3, 0.4) is 0 Å². The highest BCUT2D eigenvalue weighted by Gasteiger charge is 2.58. The third-order valence-electron chi connectivity index (χ3n) is 7.50. The number of ketones is 1. The van der Waals surface area contributed by atoms with Gasteiger partial charge in [-0.15, -0.1) is 0 Å². The molecule has 3 aliphatic rings. The van der Waals surface area contributed by atoms with Crippen molar-refractivity contribution in [3.05, 3.63) is 51.6 Å². The Morgan fingerprint density at radius 3 is 2.50 bits per heavy atom. The number of anilines is 1. The molecule has 2 aliphatic heterocycles. The predicted octanol–water partition coefficient (Wildman–Crippen LogP) is 4.35. The van der Waals surface area contributed by atoms with Gasteiger partial charge in [0.25, 0.3) is 23.5 Å². The molecule has 1 saturated heterocycles. The molecule has 1 aromatic carbocycles. The fraction of sp³-hybridized carbons (Fsp3) is 0.500. The van der Waals surface area contributed by atoms with Gasteiger partial charge >= 0.3 is 0 Å². The predicted molar refractivity (Wildman–Crippen MR) is 140 cm³/mol. The van der Waals surface area contributed by atoms with E-state index in [1.807, 2.05) is 6.92 Å². The van der Waals surface area contributed by atoms with Gasteiger partial charge in [-0.05, 0) is 50.5 Å². The van der Waals surface area contributed by atoms with Gasteiger partial charge in [-0.3, -0.25) is 14.4 Å². The minimum absolute atomic E-state index is 0.124. The molecule has 1 aliphatic carbocycles. The molecule has 0 radical (unpaired) electrons. The van der Waals surface area contributed by atoms with E-state index in [1.54, 1.807) is 23.3 Å². The maximum Gasteiger partial charge on any atom is 0.292 e. The van der Waals surface area contributed by atoms with Crippen molar-refractivity contribution < 1.29 is 27.6 Å². The number of amides is 2. The smallest absolute Gasteiger partial charge is 0.292 e. The molecule has 38 heavy (non-hydrogen) atoms. The zero-order valence-electron chi connectivity index (χ0n) is 21.0. The number of hydrogen-bond acceptors (Lipinski definition) is 5. The summed E-state index contributed by atoms with van der Waals surface area (Å²) in [6.45, 7) is 4.21. The van der Waals surface area contributed by atoms with Crippen LogP contribution in [0.15, 0.2) is 18.2 Å². The second-order valence-corrected chi connectivity index (χ2v) is 12.2. The third kappa shape index (κ3) is 4.96. The summed E-state index contributed by atoms with van der Waals surface area (Å²) in [5.41, 5.74) is 0.103.